The fourth-order valence-electron chi connectivity index (χ4n) is 10.9. The van der Waals surface area contributed by atoms with Crippen LogP contribution in [0.25, 0.3) is 22.0 Å². The Kier molecular flexibility index (Phi) is 21.1. The van der Waals surface area contributed by atoms with Crippen molar-refractivity contribution in [3.05, 3.63) is 98.7 Å². The Morgan fingerprint density at radius 2 is 1.47 bits per heavy atom. The van der Waals surface area contributed by atoms with Gasteiger partial charge in [-0.1, -0.05) is 23.6 Å². The van der Waals surface area contributed by atoms with E-state index < -0.39 is 224 Å². The predicted molar refractivity (Wildman–Crippen MR) is 329 cm³/mol. The molecule has 2 fully saturated rings. The number of pyridine rings is 1. The molecule has 22 nitrogen and oxygen atoms in total. The van der Waals surface area contributed by atoms with E-state index in [0.717, 1.165) is 47.6 Å². The summed E-state index contributed by atoms with van der Waals surface area (Å²) in [7, 11) is -12.5. The van der Waals surface area contributed by atoms with Gasteiger partial charge in [-0.15, -0.1) is 0 Å². The number of phosphoric acid groups is 1. The molecular formula is C61H70ClF10N8O14PS2. The molecule has 3 aliphatic rings. The lowest BCUT2D eigenvalue weighted by atomic mass is 9.93. The van der Waals surface area contributed by atoms with Crippen molar-refractivity contribution in [3.8, 4) is 23.0 Å². The standard InChI is InChI=1S/C61H70ClF10N8O14PS2/c1-54(2,3)92-46(83)29-77(53(84)90-32-91-95(85,93-55(4,5)6)94-56(7,8)9)30-58(19-20-58)26-45(82)80(96(86)87)27-43-48-41(62)16-15-38(50(48)79(75-43)31-59(65,66)67)37-14-13-36(17-18-57(10,11)97(12,88)89)73-49(37)42(23-33-21-34(63)24-35(64)22-33)74-44(81)28-78-52-47(51(76-78)61(70,71)72)39-25-40(39)60(52,68)69/h13-16,21-22,24,39-40,42,96H,19-20,23,25-32H2,1-12H3,(H,74,81)/t39-,40+,42-/m0/s1. The van der Waals surface area contributed by atoms with Crippen LogP contribution in [0.15, 0.2) is 42.5 Å². The van der Waals surface area contributed by atoms with E-state index in [1.54, 1.807) is 62.3 Å². The molecule has 0 bridgehead atoms. The van der Waals surface area contributed by atoms with Crippen LogP contribution in [-0.2, 0) is 101 Å². The maximum atomic E-state index is 15.8. The number of esters is 1. The molecule has 532 valence electrons. The third-order valence-electron chi connectivity index (χ3n) is 15.4. The molecule has 5 aromatic rings. The number of amides is 3. The molecule has 0 unspecified atom stereocenters. The molecule has 0 saturated heterocycles. The molecule has 3 aromatic heterocycles. The molecule has 2 saturated carbocycles. The smallest absolute Gasteiger partial charge is 0.459 e. The number of sulfone groups is 1. The van der Waals surface area contributed by atoms with Crippen molar-refractivity contribution < 1.29 is 108 Å². The number of nitrogens with zero attached hydrogens (tertiary/aromatic N) is 7. The van der Waals surface area contributed by atoms with E-state index in [-0.39, 0.29) is 50.6 Å². The first kappa shape index (κ1) is 75.9. The molecule has 3 amide bonds. The quantitative estimate of drug-likeness (QED) is 0.0154. The van der Waals surface area contributed by atoms with E-state index in [1.807, 2.05) is 0 Å². The highest BCUT2D eigenvalue weighted by molar-refractivity contribution is 7.92. The maximum Gasteiger partial charge on any atom is 0.478 e. The van der Waals surface area contributed by atoms with Crippen LogP contribution in [0.1, 0.15) is 153 Å². The van der Waals surface area contributed by atoms with Crippen LogP contribution in [-0.4, -0.2) is 128 Å². The Labute approximate surface area is 558 Å². The average molecular weight is 1460 g/mol. The Morgan fingerprint density at radius 1 is 0.866 bits per heavy atom. The summed E-state index contributed by atoms with van der Waals surface area (Å²) in [4.78, 5) is 61.4. The van der Waals surface area contributed by atoms with Gasteiger partial charge in [0.05, 0.1) is 45.7 Å². The van der Waals surface area contributed by atoms with Gasteiger partial charge in [0.1, 0.15) is 53.0 Å². The van der Waals surface area contributed by atoms with Gasteiger partial charge in [0, 0.05) is 53.3 Å². The number of benzene rings is 2. The number of fused-ring (bicyclic) bond motifs is 4. The number of alkyl halides is 8. The summed E-state index contributed by atoms with van der Waals surface area (Å²) in [5.41, 5.74) is -11.1. The van der Waals surface area contributed by atoms with E-state index in [9.17, 15) is 66.9 Å². The molecule has 3 aliphatic carbocycles. The van der Waals surface area contributed by atoms with Crippen LogP contribution in [0.2, 0.25) is 5.02 Å². The van der Waals surface area contributed by atoms with Crippen molar-refractivity contribution in [1.29, 1.82) is 0 Å². The lowest BCUT2D eigenvalue weighted by molar-refractivity contribution is -0.156. The van der Waals surface area contributed by atoms with Gasteiger partial charge in [-0.25, -0.2) is 48.8 Å². The molecular weight excluding hydrogens is 1390 g/mol. The van der Waals surface area contributed by atoms with Crippen LogP contribution in [0, 0.1) is 34.8 Å². The number of hydrogen-bond donors (Lipinski definition) is 2. The fourth-order valence-corrected chi connectivity index (χ4v) is 13.6. The van der Waals surface area contributed by atoms with E-state index >= 15 is 17.6 Å². The first-order valence-corrected chi connectivity index (χ1v) is 34.7. The zero-order chi connectivity index (χ0) is 72.5. The van der Waals surface area contributed by atoms with Crippen LogP contribution < -0.4 is 5.32 Å². The highest BCUT2D eigenvalue weighted by Gasteiger charge is 2.68. The summed E-state index contributed by atoms with van der Waals surface area (Å²) in [6.07, 6.45) is -12.3. The molecule has 0 aliphatic heterocycles. The number of phosphoric ester groups is 1. The minimum atomic E-state index is -5.26. The molecule has 36 heteroatoms. The third kappa shape index (κ3) is 18.7. The Hall–Kier alpha value is -6.89. The maximum absolute atomic E-state index is 15.8. The molecule has 0 spiro atoms. The van der Waals surface area contributed by atoms with E-state index in [2.05, 4.69) is 32.3 Å². The first-order chi connectivity index (χ1) is 44.3. The Balaban J connectivity index is 1.20. The lowest BCUT2D eigenvalue weighted by Gasteiger charge is -2.31. The number of aromatic nitrogens is 5. The molecule has 3 heterocycles. The molecule has 3 atom stereocenters. The largest absolute Gasteiger partial charge is 0.478 e. The number of carbonyl (C=O) groups excluding carboxylic acids is 4. The molecule has 1 N–H and O–H groups in total. The van der Waals surface area contributed by atoms with Gasteiger partial charge >= 0.3 is 32.2 Å². The van der Waals surface area contributed by atoms with Gasteiger partial charge in [-0.05, 0) is 155 Å². The summed E-state index contributed by atoms with van der Waals surface area (Å²) >= 11 is 6.83. The number of nitrogens with one attached hydrogen (secondary N) is 1. The van der Waals surface area contributed by atoms with Gasteiger partial charge in [0.15, 0.2) is 15.5 Å². The summed E-state index contributed by atoms with van der Waals surface area (Å²) in [6, 6.07) is 4.81. The van der Waals surface area contributed by atoms with Crippen LogP contribution in [0.4, 0.5) is 48.7 Å². The second-order valence-electron chi connectivity index (χ2n) is 27.5. The summed E-state index contributed by atoms with van der Waals surface area (Å²) in [5, 5.41) is 9.18. The van der Waals surface area contributed by atoms with Crippen molar-refractivity contribution in [1.82, 2.24) is 39.1 Å². The minimum absolute atomic E-state index is 0.121. The summed E-state index contributed by atoms with van der Waals surface area (Å²) in [6.45, 7) is 9.61. The molecule has 8 rings (SSSR count). The Morgan fingerprint density at radius 3 is 2.02 bits per heavy atom. The molecule has 0 radical (unpaired) electrons. The van der Waals surface area contributed by atoms with Gasteiger partial charge in [0.2, 0.25) is 29.5 Å². The van der Waals surface area contributed by atoms with Crippen LogP contribution in [0.5, 0.6) is 0 Å². The molecule has 2 aromatic carbocycles. The van der Waals surface area contributed by atoms with Gasteiger partial charge in [0.25, 0.3) is 5.92 Å². The highest BCUT2D eigenvalue weighted by atomic mass is 35.5. The topological polar surface area (TPSA) is 267 Å². The number of thiol groups is 1. The third-order valence-corrected chi connectivity index (χ3v) is 20.3. The van der Waals surface area contributed by atoms with Crippen molar-refractivity contribution in [3.63, 3.8) is 0 Å². The van der Waals surface area contributed by atoms with E-state index in [1.165, 1.54) is 13.8 Å². The minimum Gasteiger partial charge on any atom is -0.459 e. The number of ether oxygens (including phenoxy) is 2. The molecule has 97 heavy (non-hydrogen) atoms. The number of hydrogen-bond acceptors (Lipinski definition) is 17. The fraction of sp³-hybridized carbons (Fsp3) is 0.557. The zero-order valence-corrected chi connectivity index (χ0v) is 57.7. The highest BCUT2D eigenvalue weighted by Crippen LogP contribution is 2.68. The SMILES string of the molecule is CC(C)(C)OC(=O)CN(CC1(CC(=O)N(Cc2nn(CC(F)(F)F)c3c(-c4ccc(C#CC(C)(C)S(C)(=O)=O)nc4[C@H](Cc4cc(F)cc(F)c4)NC(=O)Cn4nc(C(F)(F)F)c5c4C(F)(F)[C@@H]4C[C@H]54)ccc(Cl)c23)[SH](=O)=O)CC1)C(=O)OCOP(=O)(OC(C)(C)C)OC(C)(C)C. The first-order valence-electron chi connectivity index (χ1n) is 29.8. The number of carbonyl (C=O) groups is 4. The van der Waals surface area contributed by atoms with Gasteiger partial charge in [-0.3, -0.25) is 37.7 Å². The van der Waals surface area contributed by atoms with Crippen molar-refractivity contribution >= 4 is 74.9 Å². The Bertz CT molecular complexity index is 4210. The van der Waals surface area contributed by atoms with Crippen molar-refractivity contribution in [2.24, 2.45) is 11.3 Å². The van der Waals surface area contributed by atoms with Crippen LogP contribution >= 0.6 is 19.4 Å². The monoisotopic (exact) mass is 1460 g/mol. The number of halogens is 11. The van der Waals surface area contributed by atoms with E-state index in [0.29, 0.717) is 10.7 Å². The lowest BCUT2D eigenvalue weighted by Crippen LogP contribution is -2.43. The van der Waals surface area contributed by atoms with E-state index in [4.69, 9.17) is 34.6 Å². The second kappa shape index (κ2) is 27.0. The number of rotatable bonds is 23. The van der Waals surface area contributed by atoms with Crippen molar-refractivity contribution in [2.75, 3.05) is 26.1 Å². The zero-order valence-electron chi connectivity index (χ0n) is 54.4. The summed E-state index contributed by atoms with van der Waals surface area (Å²) < 4.78 is 242. The van der Waals surface area contributed by atoms with Crippen LogP contribution in [0.3, 0.4) is 0 Å². The van der Waals surface area contributed by atoms with Crippen molar-refractivity contribution in [2.45, 2.75) is 180 Å². The predicted octanol–water partition coefficient (Wildman–Crippen LogP) is 11.8. The average Bonchev–Trinajstić information content (AvgIpc) is 1.52. The second-order valence-corrected chi connectivity index (χ2v) is 32.9. The van der Waals surface area contributed by atoms with Gasteiger partial charge in [-0.2, -0.15) is 45.3 Å². The summed E-state index contributed by atoms with van der Waals surface area (Å²) in [5.74, 6) is -7.35. The normalized spacial score (nSPS) is 17.2. The van der Waals surface area contributed by atoms with Gasteiger partial charge < -0.3 is 14.8 Å².